The minimum absolute atomic E-state index is 0.211. The first kappa shape index (κ1) is 11.0. The van der Waals surface area contributed by atoms with Crippen LogP contribution in [0.4, 0.5) is 0 Å². The van der Waals surface area contributed by atoms with Crippen molar-refractivity contribution in [3.63, 3.8) is 0 Å². The van der Waals surface area contributed by atoms with Crippen molar-refractivity contribution in [1.82, 2.24) is 5.32 Å². The zero-order valence-electron chi connectivity index (χ0n) is 9.90. The lowest BCUT2D eigenvalue weighted by atomic mass is 10.1. The molecule has 1 aromatic carbocycles. The Morgan fingerprint density at radius 2 is 2.00 bits per heavy atom. The first-order chi connectivity index (χ1) is 7.65. The van der Waals surface area contributed by atoms with Gasteiger partial charge in [-0.15, -0.1) is 0 Å². The maximum absolute atomic E-state index is 5.82. The zero-order valence-corrected chi connectivity index (χ0v) is 9.90. The van der Waals surface area contributed by atoms with E-state index in [2.05, 4.69) is 48.4 Å². The molecule has 0 aliphatic heterocycles. The van der Waals surface area contributed by atoms with E-state index in [0.29, 0.717) is 12.0 Å². The van der Waals surface area contributed by atoms with Gasteiger partial charge in [-0.2, -0.15) is 0 Å². The summed E-state index contributed by atoms with van der Waals surface area (Å²) in [4.78, 5) is 4.35. The topological polar surface area (TPSA) is 50.4 Å². The lowest BCUT2D eigenvalue weighted by molar-refractivity contribution is 0.707. The first-order valence-corrected chi connectivity index (χ1v) is 5.81. The van der Waals surface area contributed by atoms with E-state index in [-0.39, 0.29) is 6.04 Å². The van der Waals surface area contributed by atoms with E-state index in [1.807, 2.05) is 0 Å². The maximum atomic E-state index is 5.82. The van der Waals surface area contributed by atoms with E-state index in [9.17, 15) is 0 Å². The van der Waals surface area contributed by atoms with Gasteiger partial charge in [-0.3, -0.25) is 4.99 Å². The number of hydrogen-bond acceptors (Lipinski definition) is 1. The summed E-state index contributed by atoms with van der Waals surface area (Å²) in [5.41, 5.74) is 8.33. The number of guanidine groups is 1. The van der Waals surface area contributed by atoms with Crippen LogP contribution in [0.15, 0.2) is 29.3 Å². The number of aryl methyl sites for hydroxylation is 1. The van der Waals surface area contributed by atoms with Gasteiger partial charge in [-0.1, -0.05) is 29.8 Å². The SMILES string of the molecule is Cc1ccc(C(C)NC(N)=NC2CC2)cc1. The Hall–Kier alpha value is -1.51. The van der Waals surface area contributed by atoms with Gasteiger partial charge in [0.1, 0.15) is 0 Å². The van der Waals surface area contributed by atoms with Crippen molar-refractivity contribution in [2.75, 3.05) is 0 Å². The first-order valence-electron chi connectivity index (χ1n) is 5.81. The number of aliphatic imine (C=N–C) groups is 1. The van der Waals surface area contributed by atoms with Gasteiger partial charge in [0, 0.05) is 0 Å². The molecule has 3 N–H and O–H groups in total. The number of benzene rings is 1. The largest absolute Gasteiger partial charge is 0.370 e. The van der Waals surface area contributed by atoms with Crippen molar-refractivity contribution in [3.8, 4) is 0 Å². The number of nitrogens with one attached hydrogen (secondary N) is 1. The van der Waals surface area contributed by atoms with Crippen LogP contribution < -0.4 is 11.1 Å². The third-order valence-electron chi connectivity index (χ3n) is 2.81. The van der Waals surface area contributed by atoms with E-state index in [1.165, 1.54) is 24.0 Å². The molecule has 0 amide bonds. The smallest absolute Gasteiger partial charge is 0.189 e. The fraction of sp³-hybridized carbons (Fsp3) is 0.462. The predicted molar refractivity (Wildman–Crippen MR) is 67.4 cm³/mol. The van der Waals surface area contributed by atoms with Gasteiger partial charge in [0.2, 0.25) is 0 Å². The van der Waals surface area contributed by atoms with E-state index in [4.69, 9.17) is 5.73 Å². The normalized spacial score (nSPS) is 18.2. The highest BCUT2D eigenvalue weighted by atomic mass is 15.1. The second-order valence-electron chi connectivity index (χ2n) is 4.52. The molecule has 2 rings (SSSR count). The Balaban J connectivity index is 1.96. The van der Waals surface area contributed by atoms with Crippen molar-refractivity contribution >= 4 is 5.96 Å². The molecular formula is C13H19N3. The molecule has 0 aromatic heterocycles. The summed E-state index contributed by atoms with van der Waals surface area (Å²) >= 11 is 0. The van der Waals surface area contributed by atoms with Crippen LogP contribution in [-0.2, 0) is 0 Å². The molecule has 1 saturated carbocycles. The van der Waals surface area contributed by atoms with Crippen molar-refractivity contribution in [2.24, 2.45) is 10.7 Å². The average Bonchev–Trinajstić information content (AvgIpc) is 3.02. The van der Waals surface area contributed by atoms with Crippen molar-refractivity contribution in [2.45, 2.75) is 38.8 Å². The summed E-state index contributed by atoms with van der Waals surface area (Å²) in [5.74, 6) is 0.565. The monoisotopic (exact) mass is 217 g/mol. The molecule has 1 aliphatic rings. The molecule has 3 heteroatoms. The summed E-state index contributed by atoms with van der Waals surface area (Å²) in [6, 6.07) is 9.15. The third-order valence-corrected chi connectivity index (χ3v) is 2.81. The fourth-order valence-electron chi connectivity index (χ4n) is 1.60. The Bertz CT molecular complexity index is 377. The summed E-state index contributed by atoms with van der Waals surface area (Å²) in [7, 11) is 0. The van der Waals surface area contributed by atoms with Crippen LogP contribution in [0.3, 0.4) is 0 Å². The van der Waals surface area contributed by atoms with Crippen LogP contribution >= 0.6 is 0 Å². The standard InChI is InChI=1S/C13H19N3/c1-9-3-5-11(6-4-9)10(2)15-13(14)16-12-7-8-12/h3-6,10,12H,7-8H2,1-2H3,(H3,14,15,16). The molecule has 1 aromatic rings. The third kappa shape index (κ3) is 2.99. The Morgan fingerprint density at radius 1 is 1.38 bits per heavy atom. The highest BCUT2D eigenvalue weighted by Gasteiger charge is 2.20. The highest BCUT2D eigenvalue weighted by molar-refractivity contribution is 5.78. The lowest BCUT2D eigenvalue weighted by Gasteiger charge is -2.15. The molecule has 1 atom stereocenters. The molecule has 0 heterocycles. The maximum Gasteiger partial charge on any atom is 0.189 e. The summed E-state index contributed by atoms with van der Waals surface area (Å²) < 4.78 is 0. The average molecular weight is 217 g/mol. The van der Waals surface area contributed by atoms with E-state index >= 15 is 0 Å². The molecule has 86 valence electrons. The zero-order chi connectivity index (χ0) is 11.5. The van der Waals surface area contributed by atoms with Crippen molar-refractivity contribution < 1.29 is 0 Å². The van der Waals surface area contributed by atoms with Crippen LogP contribution in [0.5, 0.6) is 0 Å². The van der Waals surface area contributed by atoms with Crippen LogP contribution in [0.25, 0.3) is 0 Å². The quantitative estimate of drug-likeness (QED) is 0.602. The molecule has 0 spiro atoms. The van der Waals surface area contributed by atoms with E-state index in [1.54, 1.807) is 0 Å². The van der Waals surface area contributed by atoms with Crippen LogP contribution in [-0.4, -0.2) is 12.0 Å². The van der Waals surface area contributed by atoms with Crippen LogP contribution in [0, 0.1) is 6.92 Å². The minimum atomic E-state index is 0.211. The molecular weight excluding hydrogens is 198 g/mol. The Labute approximate surface area is 96.8 Å². The lowest BCUT2D eigenvalue weighted by Crippen LogP contribution is -2.34. The van der Waals surface area contributed by atoms with Gasteiger partial charge in [-0.25, -0.2) is 0 Å². The number of rotatable bonds is 3. The predicted octanol–water partition coefficient (Wildman–Crippen LogP) is 2.12. The number of nitrogens with zero attached hydrogens (tertiary/aromatic N) is 1. The second kappa shape index (κ2) is 4.56. The molecule has 0 saturated heterocycles. The molecule has 16 heavy (non-hydrogen) atoms. The Kier molecular flexibility index (Phi) is 3.13. The molecule has 0 radical (unpaired) electrons. The molecule has 1 unspecified atom stereocenters. The van der Waals surface area contributed by atoms with Crippen LogP contribution in [0.1, 0.15) is 36.9 Å². The molecule has 0 bridgehead atoms. The fourth-order valence-corrected chi connectivity index (χ4v) is 1.60. The van der Waals surface area contributed by atoms with E-state index in [0.717, 1.165) is 0 Å². The van der Waals surface area contributed by atoms with Gasteiger partial charge in [0.25, 0.3) is 0 Å². The number of hydrogen-bond donors (Lipinski definition) is 2. The minimum Gasteiger partial charge on any atom is -0.370 e. The summed E-state index contributed by atoms with van der Waals surface area (Å²) in [6.07, 6.45) is 2.36. The number of nitrogens with two attached hydrogens (primary N) is 1. The van der Waals surface area contributed by atoms with Gasteiger partial charge in [0.15, 0.2) is 5.96 Å². The van der Waals surface area contributed by atoms with Gasteiger partial charge in [0.05, 0.1) is 12.1 Å². The van der Waals surface area contributed by atoms with Gasteiger partial charge >= 0.3 is 0 Å². The van der Waals surface area contributed by atoms with Gasteiger partial charge in [-0.05, 0) is 32.3 Å². The van der Waals surface area contributed by atoms with Gasteiger partial charge < -0.3 is 11.1 Å². The molecule has 3 nitrogen and oxygen atoms in total. The summed E-state index contributed by atoms with van der Waals surface area (Å²) in [5, 5.41) is 3.21. The second-order valence-corrected chi connectivity index (χ2v) is 4.52. The van der Waals surface area contributed by atoms with Crippen LogP contribution in [0.2, 0.25) is 0 Å². The summed E-state index contributed by atoms with van der Waals surface area (Å²) in [6.45, 7) is 4.19. The molecule has 1 fully saturated rings. The Morgan fingerprint density at radius 3 is 2.56 bits per heavy atom. The van der Waals surface area contributed by atoms with Crippen molar-refractivity contribution in [3.05, 3.63) is 35.4 Å². The van der Waals surface area contributed by atoms with E-state index < -0.39 is 0 Å². The van der Waals surface area contributed by atoms with Crippen molar-refractivity contribution in [1.29, 1.82) is 0 Å². The highest BCUT2D eigenvalue weighted by Crippen LogP contribution is 2.23. The molecule has 1 aliphatic carbocycles.